The highest BCUT2D eigenvalue weighted by Crippen LogP contribution is 2.22. The molecule has 4 nitrogen and oxygen atoms in total. The molecular weight excluding hydrogens is 312 g/mol. The second kappa shape index (κ2) is 8.55. The highest BCUT2D eigenvalue weighted by molar-refractivity contribution is 5.97. The Morgan fingerprint density at radius 3 is 2.40 bits per heavy atom. The fraction of sp³-hybridized carbons (Fsp3) is 0.0476. The van der Waals surface area contributed by atoms with Gasteiger partial charge in [-0.1, -0.05) is 30.4 Å². The third-order valence-electron chi connectivity index (χ3n) is 3.43. The predicted octanol–water partition coefficient (Wildman–Crippen LogP) is 4.47. The molecule has 0 aliphatic heterocycles. The molecule has 0 fully saturated rings. The number of benzene rings is 2. The lowest BCUT2D eigenvalue weighted by atomic mass is 10.1. The summed E-state index contributed by atoms with van der Waals surface area (Å²) in [5.41, 5.74) is 14.5. The van der Waals surface area contributed by atoms with Gasteiger partial charge in [0.15, 0.2) is 0 Å². The Morgan fingerprint density at radius 1 is 1.08 bits per heavy atom. The molecule has 0 spiro atoms. The van der Waals surface area contributed by atoms with E-state index in [2.05, 4.69) is 6.92 Å². The van der Waals surface area contributed by atoms with Crippen molar-refractivity contribution in [2.45, 2.75) is 6.92 Å². The standard InChI is InChI=1S/C21H21N2O2/c1-3-5-7-20(16-9-11-17(22)12-10-16)25-21(24)19-14-18(23)13-8-15(19)6-4-2/h3-14H,2,22-23H2,1H3/b5-3+,6-4+,20-7+. The van der Waals surface area contributed by atoms with Gasteiger partial charge in [0.05, 0.1) is 5.56 Å². The van der Waals surface area contributed by atoms with Gasteiger partial charge >= 0.3 is 5.97 Å². The number of nitrogen functional groups attached to an aromatic ring is 2. The van der Waals surface area contributed by atoms with Crippen molar-refractivity contribution in [3.63, 3.8) is 0 Å². The molecule has 0 saturated carbocycles. The number of esters is 1. The first-order chi connectivity index (χ1) is 12.0. The summed E-state index contributed by atoms with van der Waals surface area (Å²) in [6.07, 6.45) is 8.72. The summed E-state index contributed by atoms with van der Waals surface area (Å²) in [4.78, 5) is 12.7. The van der Waals surface area contributed by atoms with Crippen molar-refractivity contribution in [2.24, 2.45) is 0 Å². The molecule has 0 saturated heterocycles. The lowest BCUT2D eigenvalue weighted by Gasteiger charge is -2.11. The number of carbonyl (C=O) groups is 1. The first kappa shape index (κ1) is 18.1. The molecule has 0 atom stereocenters. The van der Waals surface area contributed by atoms with Gasteiger partial charge in [-0.3, -0.25) is 0 Å². The minimum absolute atomic E-state index is 0.377. The molecule has 2 aromatic carbocycles. The maximum atomic E-state index is 12.7. The highest BCUT2D eigenvalue weighted by atomic mass is 16.5. The monoisotopic (exact) mass is 333 g/mol. The second-order valence-electron chi connectivity index (χ2n) is 5.32. The van der Waals surface area contributed by atoms with Crippen LogP contribution in [0.1, 0.15) is 28.4 Å². The van der Waals surface area contributed by atoms with Gasteiger partial charge in [-0.25, -0.2) is 4.79 Å². The summed E-state index contributed by atoms with van der Waals surface area (Å²) < 4.78 is 5.63. The maximum Gasteiger partial charge on any atom is 0.344 e. The smallest absolute Gasteiger partial charge is 0.344 e. The number of ether oxygens (including phenoxy) is 1. The van der Waals surface area contributed by atoms with Crippen molar-refractivity contribution in [3.05, 3.63) is 90.4 Å². The van der Waals surface area contributed by atoms with Gasteiger partial charge < -0.3 is 16.2 Å². The number of nitrogens with two attached hydrogens (primary N) is 2. The van der Waals surface area contributed by atoms with E-state index in [-0.39, 0.29) is 0 Å². The van der Waals surface area contributed by atoms with Gasteiger partial charge in [0.1, 0.15) is 5.76 Å². The normalized spacial score (nSPS) is 12.0. The third kappa shape index (κ3) is 4.85. The first-order valence-corrected chi connectivity index (χ1v) is 7.81. The average Bonchev–Trinajstić information content (AvgIpc) is 2.61. The van der Waals surface area contributed by atoms with Crippen LogP contribution in [0.2, 0.25) is 0 Å². The molecule has 0 bridgehead atoms. The number of anilines is 2. The van der Waals surface area contributed by atoms with Crippen molar-refractivity contribution in [1.82, 2.24) is 0 Å². The molecule has 0 unspecified atom stereocenters. The van der Waals surface area contributed by atoms with E-state index in [1.165, 1.54) is 0 Å². The number of carbonyl (C=O) groups excluding carboxylic acids is 1. The molecule has 0 aromatic heterocycles. The van der Waals surface area contributed by atoms with Gasteiger partial charge in [0.25, 0.3) is 0 Å². The molecule has 4 N–H and O–H groups in total. The van der Waals surface area contributed by atoms with Gasteiger partial charge in [-0.2, -0.15) is 0 Å². The van der Waals surface area contributed by atoms with Gasteiger partial charge in [0.2, 0.25) is 0 Å². The fourth-order valence-corrected chi connectivity index (χ4v) is 2.20. The van der Waals surface area contributed by atoms with Crippen LogP contribution in [0.3, 0.4) is 0 Å². The van der Waals surface area contributed by atoms with Crippen molar-refractivity contribution in [1.29, 1.82) is 0 Å². The maximum absolute atomic E-state index is 12.7. The Morgan fingerprint density at radius 2 is 1.76 bits per heavy atom. The summed E-state index contributed by atoms with van der Waals surface area (Å²) in [5.74, 6) is -0.0666. The van der Waals surface area contributed by atoms with E-state index in [0.717, 1.165) is 5.56 Å². The van der Waals surface area contributed by atoms with Crippen LogP contribution in [-0.2, 0) is 4.74 Å². The molecule has 0 amide bonds. The molecule has 2 aromatic rings. The molecule has 25 heavy (non-hydrogen) atoms. The molecule has 4 heteroatoms. The predicted molar refractivity (Wildman–Crippen MR) is 104 cm³/mol. The Balaban J connectivity index is 2.38. The van der Waals surface area contributed by atoms with Crippen LogP contribution in [0.5, 0.6) is 0 Å². The fourth-order valence-electron chi connectivity index (χ4n) is 2.20. The molecule has 0 aliphatic carbocycles. The van der Waals surface area contributed by atoms with Gasteiger partial charge in [-0.15, -0.1) is 0 Å². The minimum atomic E-state index is -0.493. The summed E-state index contributed by atoms with van der Waals surface area (Å²) in [5, 5.41) is 0. The van der Waals surface area contributed by atoms with Crippen LogP contribution in [0, 0.1) is 6.92 Å². The van der Waals surface area contributed by atoms with Gasteiger partial charge in [0, 0.05) is 16.9 Å². The Kier molecular flexibility index (Phi) is 6.18. The van der Waals surface area contributed by atoms with Crippen molar-refractivity contribution < 1.29 is 9.53 Å². The Bertz CT molecular complexity index is 831. The first-order valence-electron chi connectivity index (χ1n) is 7.81. The highest BCUT2D eigenvalue weighted by Gasteiger charge is 2.15. The van der Waals surface area contributed by atoms with E-state index in [9.17, 15) is 4.79 Å². The van der Waals surface area contributed by atoms with Crippen LogP contribution >= 0.6 is 0 Å². The summed E-state index contributed by atoms with van der Waals surface area (Å²) >= 11 is 0. The van der Waals surface area contributed by atoms with Crippen LogP contribution in [0.25, 0.3) is 11.8 Å². The van der Waals surface area contributed by atoms with Gasteiger partial charge in [-0.05, 0) is 61.9 Å². The molecule has 127 valence electrons. The lowest BCUT2D eigenvalue weighted by Crippen LogP contribution is -2.07. The zero-order valence-electron chi connectivity index (χ0n) is 14.1. The van der Waals surface area contributed by atoms with E-state index in [1.807, 2.05) is 13.0 Å². The summed E-state index contributed by atoms with van der Waals surface area (Å²) in [6.45, 7) is 5.55. The van der Waals surface area contributed by atoms with E-state index >= 15 is 0 Å². The molecule has 1 radical (unpaired) electrons. The third-order valence-corrected chi connectivity index (χ3v) is 3.43. The molecule has 2 rings (SSSR count). The number of hydrogen-bond acceptors (Lipinski definition) is 4. The molecule has 0 aliphatic rings. The lowest BCUT2D eigenvalue weighted by molar-refractivity contribution is 0.0692. The largest absolute Gasteiger partial charge is 0.422 e. The average molecular weight is 333 g/mol. The van der Waals surface area contributed by atoms with Crippen LogP contribution in [0.4, 0.5) is 11.4 Å². The van der Waals surface area contributed by atoms with Crippen molar-refractivity contribution in [3.8, 4) is 0 Å². The Labute approximate surface area is 148 Å². The van der Waals surface area contributed by atoms with E-state index in [0.29, 0.717) is 28.3 Å². The van der Waals surface area contributed by atoms with E-state index < -0.39 is 5.97 Å². The minimum Gasteiger partial charge on any atom is -0.422 e. The second-order valence-corrected chi connectivity index (χ2v) is 5.32. The van der Waals surface area contributed by atoms with E-state index in [4.69, 9.17) is 16.2 Å². The van der Waals surface area contributed by atoms with Crippen LogP contribution < -0.4 is 11.5 Å². The zero-order chi connectivity index (χ0) is 18.2. The topological polar surface area (TPSA) is 78.3 Å². The number of allylic oxidation sites excluding steroid dienone is 4. The molecular formula is C21H21N2O2. The van der Waals surface area contributed by atoms with Crippen LogP contribution in [-0.4, -0.2) is 5.97 Å². The van der Waals surface area contributed by atoms with Crippen LogP contribution in [0.15, 0.2) is 66.8 Å². The zero-order valence-corrected chi connectivity index (χ0v) is 14.1. The summed E-state index contributed by atoms with van der Waals surface area (Å²) in [6, 6.07) is 12.2. The SMILES string of the molecule is [CH2]/C=C/c1ccc(N)cc1C(=O)O/C(=C/C=C/C)c1ccc(N)cc1. The molecule has 0 heterocycles. The number of hydrogen-bond donors (Lipinski definition) is 2. The number of rotatable bonds is 5. The Hall–Kier alpha value is -3.27. The summed E-state index contributed by atoms with van der Waals surface area (Å²) in [7, 11) is 0. The van der Waals surface area contributed by atoms with Crippen molar-refractivity contribution >= 4 is 29.2 Å². The van der Waals surface area contributed by atoms with Crippen molar-refractivity contribution in [2.75, 3.05) is 11.5 Å². The van der Waals surface area contributed by atoms with E-state index in [1.54, 1.807) is 66.8 Å². The quantitative estimate of drug-likeness (QED) is 0.366.